The zero-order valence-electron chi connectivity index (χ0n) is 17.5. The Bertz CT molecular complexity index is 1170. The molecule has 0 radical (unpaired) electrons. The smallest absolute Gasteiger partial charge is 0.275 e. The minimum absolute atomic E-state index is 0.0328. The molecule has 0 spiro atoms. The highest BCUT2D eigenvalue weighted by Crippen LogP contribution is 2.37. The lowest BCUT2D eigenvalue weighted by Gasteiger charge is -2.25. The molecule has 3 aromatic rings. The molecule has 0 unspecified atom stereocenters. The van der Waals surface area contributed by atoms with Crippen LogP contribution in [0.2, 0.25) is 0 Å². The summed E-state index contributed by atoms with van der Waals surface area (Å²) in [5.74, 6) is 1.12. The van der Waals surface area contributed by atoms with E-state index in [-0.39, 0.29) is 11.6 Å². The third kappa shape index (κ3) is 4.11. The average molecular weight is 431 g/mol. The summed E-state index contributed by atoms with van der Waals surface area (Å²) >= 11 is 0. The lowest BCUT2D eigenvalue weighted by Crippen LogP contribution is -2.30. The van der Waals surface area contributed by atoms with Crippen LogP contribution in [0.25, 0.3) is 0 Å². The van der Waals surface area contributed by atoms with E-state index in [1.807, 2.05) is 12.1 Å². The van der Waals surface area contributed by atoms with Crippen molar-refractivity contribution in [2.45, 2.75) is 6.04 Å². The van der Waals surface area contributed by atoms with E-state index in [0.717, 1.165) is 5.69 Å². The van der Waals surface area contributed by atoms with Crippen molar-refractivity contribution in [1.29, 1.82) is 0 Å². The second-order valence-electron chi connectivity index (χ2n) is 7.10. The topological polar surface area (TPSA) is 93.9 Å². The Labute approximate surface area is 184 Å². The largest absolute Gasteiger partial charge is 0.497 e. The Balaban J connectivity index is 1.72. The number of nitro benzene ring substituents is 1. The summed E-state index contributed by atoms with van der Waals surface area (Å²) in [5, 5.41) is 14.4. The Hall–Kier alpha value is -4.33. The van der Waals surface area contributed by atoms with Crippen molar-refractivity contribution in [1.82, 2.24) is 0 Å². The lowest BCUT2D eigenvalue weighted by molar-refractivity contribution is -0.384. The van der Waals surface area contributed by atoms with Crippen LogP contribution in [0.15, 0.2) is 84.6 Å². The molecule has 0 saturated heterocycles. The fourth-order valence-corrected chi connectivity index (χ4v) is 3.57. The first-order valence-corrected chi connectivity index (χ1v) is 9.85. The van der Waals surface area contributed by atoms with Gasteiger partial charge in [-0.15, -0.1) is 0 Å². The fraction of sp³-hybridized carbons (Fsp3) is 0.125. The number of methoxy groups -OCH3 is 2. The normalized spacial score (nSPS) is 15.3. The average Bonchev–Trinajstić information content (AvgIpc) is 3.15. The number of hydrogen-bond donors (Lipinski definition) is 1. The monoisotopic (exact) mass is 431 g/mol. The first kappa shape index (κ1) is 20.9. The van der Waals surface area contributed by atoms with Crippen LogP contribution >= 0.6 is 0 Å². The molecule has 1 N–H and O–H groups in total. The molecule has 1 aliphatic rings. The Morgan fingerprint density at radius 3 is 2.16 bits per heavy atom. The first-order valence-electron chi connectivity index (χ1n) is 9.85. The van der Waals surface area contributed by atoms with E-state index in [1.54, 1.807) is 73.7 Å². The van der Waals surface area contributed by atoms with Gasteiger partial charge in [0.15, 0.2) is 0 Å². The Morgan fingerprint density at radius 1 is 0.938 bits per heavy atom. The molecule has 1 heterocycles. The number of amides is 1. The van der Waals surface area contributed by atoms with Crippen molar-refractivity contribution in [2.24, 2.45) is 0 Å². The zero-order valence-corrected chi connectivity index (χ0v) is 17.5. The maximum absolute atomic E-state index is 13.4. The number of carbonyl (C=O) groups excluding carboxylic acids is 1. The summed E-state index contributed by atoms with van der Waals surface area (Å²) in [6, 6.07) is 20.1. The minimum Gasteiger partial charge on any atom is -0.497 e. The van der Waals surface area contributed by atoms with E-state index in [1.165, 1.54) is 12.1 Å². The molecule has 0 bridgehead atoms. The number of carbonyl (C=O) groups is 1. The van der Waals surface area contributed by atoms with Crippen molar-refractivity contribution in [3.8, 4) is 11.5 Å². The number of nitrogens with zero attached hydrogens (tertiary/aromatic N) is 2. The van der Waals surface area contributed by atoms with Crippen LogP contribution in [-0.2, 0) is 4.79 Å². The van der Waals surface area contributed by atoms with Gasteiger partial charge in [0.05, 0.1) is 25.2 Å². The van der Waals surface area contributed by atoms with E-state index in [0.29, 0.717) is 28.4 Å². The zero-order chi connectivity index (χ0) is 22.7. The highest BCUT2D eigenvalue weighted by molar-refractivity contribution is 6.11. The summed E-state index contributed by atoms with van der Waals surface area (Å²) in [7, 11) is 3.15. The number of nitrogens with one attached hydrogen (secondary N) is 1. The van der Waals surface area contributed by atoms with Gasteiger partial charge in [-0.3, -0.25) is 19.8 Å². The molecule has 1 amide bonds. The van der Waals surface area contributed by atoms with Gasteiger partial charge >= 0.3 is 0 Å². The quantitative estimate of drug-likeness (QED) is 0.431. The molecule has 32 heavy (non-hydrogen) atoms. The first-order chi connectivity index (χ1) is 15.5. The predicted octanol–water partition coefficient (Wildman–Crippen LogP) is 4.70. The summed E-state index contributed by atoms with van der Waals surface area (Å²) in [4.78, 5) is 25.8. The SMILES string of the molecule is COc1ccc(NC2=C[C@@H](c3cccc([N+](=O)[O-])c3)N(c3ccc(OC)cc3)C2=O)cc1. The standard InChI is InChI=1S/C24H21N3O5/c1-31-20-10-6-17(7-11-20)25-22-15-23(16-4-3-5-19(14-16)27(29)30)26(24(22)28)18-8-12-21(32-2)13-9-18/h3-15,23,25H,1-2H3/t23-/m0/s1. The Kier molecular flexibility index (Phi) is 5.76. The highest BCUT2D eigenvalue weighted by Gasteiger charge is 2.35. The van der Waals surface area contributed by atoms with Crippen LogP contribution in [0.4, 0.5) is 17.1 Å². The molecule has 8 nitrogen and oxygen atoms in total. The molecule has 4 rings (SSSR count). The van der Waals surface area contributed by atoms with Gasteiger partial charge in [-0.25, -0.2) is 0 Å². The van der Waals surface area contributed by atoms with Gasteiger partial charge in [-0.05, 0) is 60.2 Å². The van der Waals surface area contributed by atoms with Crippen molar-refractivity contribution in [2.75, 3.05) is 24.4 Å². The summed E-state index contributed by atoms with van der Waals surface area (Å²) in [6.07, 6.45) is 1.77. The van der Waals surface area contributed by atoms with Crippen molar-refractivity contribution < 1.29 is 19.2 Å². The van der Waals surface area contributed by atoms with E-state index < -0.39 is 11.0 Å². The maximum Gasteiger partial charge on any atom is 0.275 e. The van der Waals surface area contributed by atoms with Gasteiger partial charge in [0, 0.05) is 23.5 Å². The molecule has 0 saturated carbocycles. The van der Waals surface area contributed by atoms with Crippen LogP contribution in [0.1, 0.15) is 11.6 Å². The summed E-state index contributed by atoms with van der Waals surface area (Å²) in [5.41, 5.74) is 2.35. The molecule has 1 aliphatic heterocycles. The predicted molar refractivity (Wildman–Crippen MR) is 121 cm³/mol. The third-order valence-electron chi connectivity index (χ3n) is 5.19. The summed E-state index contributed by atoms with van der Waals surface area (Å²) in [6.45, 7) is 0. The fourth-order valence-electron chi connectivity index (χ4n) is 3.57. The maximum atomic E-state index is 13.4. The van der Waals surface area contributed by atoms with E-state index >= 15 is 0 Å². The number of non-ortho nitro benzene ring substituents is 1. The number of benzene rings is 3. The van der Waals surface area contributed by atoms with Crippen LogP contribution in [-0.4, -0.2) is 25.1 Å². The molecular formula is C24H21N3O5. The molecule has 0 aromatic heterocycles. The highest BCUT2D eigenvalue weighted by atomic mass is 16.6. The number of rotatable bonds is 7. The van der Waals surface area contributed by atoms with Gasteiger partial charge in [-0.2, -0.15) is 0 Å². The molecule has 0 aliphatic carbocycles. The van der Waals surface area contributed by atoms with Crippen molar-refractivity contribution in [3.05, 3.63) is 100 Å². The molecule has 8 heteroatoms. The van der Waals surface area contributed by atoms with Gasteiger partial charge < -0.3 is 14.8 Å². The number of hydrogen-bond acceptors (Lipinski definition) is 6. The van der Waals surface area contributed by atoms with E-state index in [9.17, 15) is 14.9 Å². The lowest BCUT2D eigenvalue weighted by atomic mass is 10.1. The summed E-state index contributed by atoms with van der Waals surface area (Å²) < 4.78 is 10.4. The van der Waals surface area contributed by atoms with Gasteiger partial charge in [-0.1, -0.05) is 12.1 Å². The molecular weight excluding hydrogens is 410 g/mol. The van der Waals surface area contributed by atoms with E-state index in [4.69, 9.17) is 9.47 Å². The van der Waals surface area contributed by atoms with E-state index in [2.05, 4.69) is 5.32 Å². The Morgan fingerprint density at radius 2 is 1.56 bits per heavy atom. The minimum atomic E-state index is -0.517. The van der Waals surface area contributed by atoms with Crippen LogP contribution in [0, 0.1) is 10.1 Å². The number of anilines is 2. The molecule has 162 valence electrons. The number of nitro groups is 1. The third-order valence-corrected chi connectivity index (χ3v) is 5.19. The van der Waals surface area contributed by atoms with Crippen LogP contribution < -0.4 is 19.7 Å². The van der Waals surface area contributed by atoms with Crippen molar-refractivity contribution in [3.63, 3.8) is 0 Å². The van der Waals surface area contributed by atoms with Gasteiger partial charge in [0.2, 0.25) is 0 Å². The second kappa shape index (κ2) is 8.81. The van der Waals surface area contributed by atoms with Gasteiger partial charge in [0.1, 0.15) is 17.2 Å². The molecule has 0 fully saturated rings. The number of ether oxygens (including phenoxy) is 2. The van der Waals surface area contributed by atoms with Gasteiger partial charge in [0.25, 0.3) is 11.6 Å². The van der Waals surface area contributed by atoms with Crippen molar-refractivity contribution >= 4 is 23.0 Å². The second-order valence-corrected chi connectivity index (χ2v) is 7.10. The van der Waals surface area contributed by atoms with Crippen LogP contribution in [0.5, 0.6) is 11.5 Å². The van der Waals surface area contributed by atoms with Crippen LogP contribution in [0.3, 0.4) is 0 Å². The molecule has 1 atom stereocenters. The molecule has 3 aromatic carbocycles.